The fraction of sp³-hybridized carbons (Fsp3) is 0.200. The van der Waals surface area contributed by atoms with Crippen LogP contribution in [0.15, 0.2) is 65.2 Å². The largest absolute Gasteiger partial charge is 0.386 e. The summed E-state index contributed by atoms with van der Waals surface area (Å²) < 4.78 is 22.5. The van der Waals surface area contributed by atoms with Gasteiger partial charge in [0.05, 0.1) is 4.90 Å². The van der Waals surface area contributed by atoms with Crippen LogP contribution in [-0.2, 0) is 27.8 Å². The second-order valence-electron chi connectivity index (χ2n) is 6.43. The molecule has 7 nitrogen and oxygen atoms in total. The molecule has 1 heterocycles. The minimum absolute atomic E-state index is 0.0119. The maximum absolute atomic E-state index is 12.8. The molecule has 0 aromatic heterocycles. The number of primary sulfonamides is 1. The van der Waals surface area contributed by atoms with Gasteiger partial charge in [0.1, 0.15) is 11.6 Å². The van der Waals surface area contributed by atoms with E-state index in [0.29, 0.717) is 13.1 Å². The molecule has 0 saturated carbocycles. The molecule has 0 atom stereocenters. The van der Waals surface area contributed by atoms with E-state index in [0.717, 1.165) is 29.7 Å². The number of anilines is 1. The Labute approximate surface area is 164 Å². The topological polar surface area (TPSA) is 116 Å². The molecule has 1 amide bonds. The van der Waals surface area contributed by atoms with Crippen molar-refractivity contribution in [2.75, 3.05) is 11.4 Å². The van der Waals surface area contributed by atoms with Crippen LogP contribution in [0.5, 0.6) is 0 Å². The van der Waals surface area contributed by atoms with Gasteiger partial charge in [-0.1, -0.05) is 30.3 Å². The molecule has 8 heteroatoms. The van der Waals surface area contributed by atoms with Gasteiger partial charge in [0.2, 0.25) is 10.0 Å². The third kappa shape index (κ3) is 4.39. The maximum Gasteiger partial charge on any atom is 0.270 e. The first-order valence-electron chi connectivity index (χ1n) is 8.75. The Morgan fingerprint density at radius 1 is 1.21 bits per heavy atom. The van der Waals surface area contributed by atoms with Crippen molar-refractivity contribution in [2.24, 2.45) is 5.14 Å². The van der Waals surface area contributed by atoms with Gasteiger partial charge in [-0.3, -0.25) is 4.79 Å². The van der Waals surface area contributed by atoms with E-state index in [1.807, 2.05) is 30.3 Å². The number of benzene rings is 2. The minimum Gasteiger partial charge on any atom is -0.386 e. The van der Waals surface area contributed by atoms with Crippen LogP contribution in [0.3, 0.4) is 0 Å². The Kier molecular flexibility index (Phi) is 5.78. The molecule has 2 aromatic rings. The molecular weight excluding hydrogens is 376 g/mol. The third-order valence-electron chi connectivity index (χ3n) is 4.51. The highest BCUT2D eigenvalue weighted by molar-refractivity contribution is 7.89. The molecule has 3 N–H and O–H groups in total. The molecule has 0 fully saturated rings. The summed E-state index contributed by atoms with van der Waals surface area (Å²) in [5.41, 5.74) is 2.75. The van der Waals surface area contributed by atoms with E-state index in [-0.39, 0.29) is 16.4 Å². The normalized spacial score (nSPS) is 14.1. The average molecular weight is 396 g/mol. The molecule has 28 heavy (non-hydrogen) atoms. The number of sulfonamides is 1. The Hall–Kier alpha value is -3.15. The SMILES string of the molecule is N#C/C(=C/NCc1ccc(S(N)(=O)=O)cc1)C(=O)N1CCCc2ccccc21. The van der Waals surface area contributed by atoms with Crippen LogP contribution in [-0.4, -0.2) is 20.9 Å². The number of aryl methyl sites for hydroxylation is 1. The molecule has 0 saturated heterocycles. The first-order valence-corrected chi connectivity index (χ1v) is 10.3. The fourth-order valence-electron chi connectivity index (χ4n) is 3.10. The summed E-state index contributed by atoms with van der Waals surface area (Å²) in [7, 11) is -3.73. The van der Waals surface area contributed by atoms with Crippen molar-refractivity contribution in [3.63, 3.8) is 0 Å². The summed E-state index contributed by atoms with van der Waals surface area (Å²) in [5.74, 6) is -0.341. The number of carbonyl (C=O) groups excluding carboxylic acids is 1. The number of amides is 1. The molecule has 0 aliphatic carbocycles. The molecule has 0 bridgehead atoms. The van der Waals surface area contributed by atoms with Gasteiger partial charge in [-0.2, -0.15) is 5.26 Å². The molecular formula is C20H20N4O3S. The fourth-order valence-corrected chi connectivity index (χ4v) is 3.62. The van der Waals surface area contributed by atoms with Crippen molar-refractivity contribution in [3.05, 3.63) is 71.4 Å². The third-order valence-corrected chi connectivity index (χ3v) is 5.44. The number of para-hydroxylation sites is 1. The summed E-state index contributed by atoms with van der Waals surface area (Å²) in [6.07, 6.45) is 3.16. The van der Waals surface area contributed by atoms with Gasteiger partial charge in [-0.25, -0.2) is 13.6 Å². The molecule has 0 spiro atoms. The van der Waals surface area contributed by atoms with Gasteiger partial charge >= 0.3 is 0 Å². The van der Waals surface area contributed by atoms with Gasteiger partial charge in [0, 0.05) is 25.0 Å². The van der Waals surface area contributed by atoms with Gasteiger partial charge < -0.3 is 10.2 Å². The summed E-state index contributed by atoms with van der Waals surface area (Å²) in [6, 6.07) is 15.7. The number of nitrogens with zero attached hydrogens (tertiary/aromatic N) is 2. The van der Waals surface area contributed by atoms with Gasteiger partial charge in [0.25, 0.3) is 5.91 Å². The Bertz CT molecular complexity index is 1050. The highest BCUT2D eigenvalue weighted by atomic mass is 32.2. The van der Waals surface area contributed by atoms with Gasteiger partial charge in [-0.15, -0.1) is 0 Å². The molecule has 1 aliphatic rings. The zero-order valence-electron chi connectivity index (χ0n) is 15.1. The Morgan fingerprint density at radius 3 is 2.61 bits per heavy atom. The first kappa shape index (κ1) is 19.6. The van der Waals surface area contributed by atoms with Crippen molar-refractivity contribution < 1.29 is 13.2 Å². The van der Waals surface area contributed by atoms with Crippen LogP contribution in [0.2, 0.25) is 0 Å². The zero-order valence-corrected chi connectivity index (χ0v) is 15.9. The lowest BCUT2D eigenvalue weighted by Crippen LogP contribution is -2.36. The first-order chi connectivity index (χ1) is 13.4. The highest BCUT2D eigenvalue weighted by Gasteiger charge is 2.24. The monoisotopic (exact) mass is 396 g/mol. The highest BCUT2D eigenvalue weighted by Crippen LogP contribution is 2.27. The number of rotatable bonds is 5. The van der Waals surface area contributed by atoms with E-state index in [2.05, 4.69) is 5.32 Å². The quantitative estimate of drug-likeness (QED) is 0.591. The standard InChI is InChI=1S/C20H20N4O3S/c21-12-17(14-23-13-15-7-9-18(10-8-15)28(22,26)27)20(25)24-11-3-5-16-4-1-2-6-19(16)24/h1-2,4,6-10,14,23H,3,5,11,13H2,(H2,22,26,27)/b17-14-. The van der Waals surface area contributed by atoms with Crippen LogP contribution < -0.4 is 15.4 Å². The van der Waals surface area contributed by atoms with Crippen LogP contribution in [0.25, 0.3) is 0 Å². The zero-order chi connectivity index (χ0) is 20.1. The Morgan fingerprint density at radius 2 is 1.93 bits per heavy atom. The van der Waals surface area contributed by atoms with E-state index in [1.165, 1.54) is 18.3 Å². The molecule has 2 aromatic carbocycles. The van der Waals surface area contributed by atoms with Crippen LogP contribution >= 0.6 is 0 Å². The van der Waals surface area contributed by atoms with Crippen molar-refractivity contribution in [2.45, 2.75) is 24.3 Å². The van der Waals surface area contributed by atoms with E-state index < -0.39 is 10.0 Å². The van der Waals surface area contributed by atoms with Gasteiger partial charge in [0.15, 0.2) is 0 Å². The number of hydrogen-bond acceptors (Lipinski definition) is 5. The lowest BCUT2D eigenvalue weighted by molar-refractivity contribution is -0.114. The van der Waals surface area contributed by atoms with E-state index >= 15 is 0 Å². The molecule has 3 rings (SSSR count). The lowest BCUT2D eigenvalue weighted by atomic mass is 10.0. The average Bonchev–Trinajstić information content (AvgIpc) is 2.70. The molecule has 1 aliphatic heterocycles. The molecule has 0 radical (unpaired) electrons. The van der Waals surface area contributed by atoms with Crippen molar-refractivity contribution >= 4 is 21.6 Å². The van der Waals surface area contributed by atoms with Crippen LogP contribution in [0.1, 0.15) is 17.5 Å². The summed E-state index contributed by atoms with van der Waals surface area (Å²) >= 11 is 0. The van der Waals surface area contributed by atoms with Crippen molar-refractivity contribution in [1.82, 2.24) is 5.32 Å². The van der Waals surface area contributed by atoms with E-state index in [9.17, 15) is 18.5 Å². The predicted molar refractivity (Wildman–Crippen MR) is 105 cm³/mol. The molecule has 0 unspecified atom stereocenters. The number of nitrogens with one attached hydrogen (secondary N) is 1. The summed E-state index contributed by atoms with van der Waals surface area (Å²) in [4.78, 5) is 14.5. The maximum atomic E-state index is 12.8. The van der Waals surface area contributed by atoms with Crippen molar-refractivity contribution in [3.8, 4) is 6.07 Å². The number of hydrogen-bond donors (Lipinski definition) is 2. The molecule has 144 valence electrons. The number of nitrogens with two attached hydrogens (primary N) is 1. The van der Waals surface area contributed by atoms with Crippen LogP contribution in [0, 0.1) is 11.3 Å². The van der Waals surface area contributed by atoms with Crippen LogP contribution in [0.4, 0.5) is 5.69 Å². The van der Waals surface area contributed by atoms with Gasteiger partial charge in [-0.05, 0) is 42.2 Å². The van der Waals surface area contributed by atoms with E-state index in [1.54, 1.807) is 17.0 Å². The second kappa shape index (κ2) is 8.25. The van der Waals surface area contributed by atoms with Crippen molar-refractivity contribution in [1.29, 1.82) is 5.26 Å². The minimum atomic E-state index is -3.73. The number of fused-ring (bicyclic) bond motifs is 1. The van der Waals surface area contributed by atoms with E-state index in [4.69, 9.17) is 5.14 Å². The number of nitriles is 1. The second-order valence-corrected chi connectivity index (χ2v) is 7.99. The lowest BCUT2D eigenvalue weighted by Gasteiger charge is -2.29. The smallest absolute Gasteiger partial charge is 0.270 e. The summed E-state index contributed by atoms with van der Waals surface area (Å²) in [5, 5.41) is 17.4. The predicted octanol–water partition coefficient (Wildman–Crippen LogP) is 1.81. The Balaban J connectivity index is 1.69. The number of carbonyl (C=O) groups is 1. The summed E-state index contributed by atoms with van der Waals surface area (Å²) in [6.45, 7) is 0.907.